The van der Waals surface area contributed by atoms with Gasteiger partial charge in [0.2, 0.25) is 0 Å². The summed E-state index contributed by atoms with van der Waals surface area (Å²) >= 11 is 0. The molecule has 0 spiro atoms. The molecule has 0 unspecified atom stereocenters. The smallest absolute Gasteiger partial charge is 0.321 e. The highest BCUT2D eigenvalue weighted by molar-refractivity contribution is 5.97. The lowest BCUT2D eigenvalue weighted by molar-refractivity contribution is -0.199. The van der Waals surface area contributed by atoms with Crippen molar-refractivity contribution in [2.24, 2.45) is 17.3 Å². The average molecular weight is 378 g/mol. The molecular weight excluding hydrogens is 348 g/mol. The molecule has 3 N–H and O–H groups in total. The number of carbonyl (C=O) groups is 3. The number of hydrogen-bond acceptors (Lipinski definition) is 5. The van der Waals surface area contributed by atoms with Gasteiger partial charge in [0.25, 0.3) is 5.91 Å². The fourth-order valence-corrected chi connectivity index (χ4v) is 6.30. The van der Waals surface area contributed by atoms with Gasteiger partial charge in [0, 0.05) is 6.04 Å². The lowest BCUT2D eigenvalue weighted by atomic mass is 9.48. The second-order valence-corrected chi connectivity index (χ2v) is 9.46. The van der Waals surface area contributed by atoms with Crippen LogP contribution in [-0.4, -0.2) is 40.8 Å². The first-order chi connectivity index (χ1) is 12.8. The number of ether oxygens (including phenoxy) is 1. The minimum absolute atomic E-state index is 0.114. The molecule has 3 amide bonds. The number of rotatable bonds is 4. The Morgan fingerprint density at radius 2 is 1.70 bits per heavy atom. The second kappa shape index (κ2) is 6.76. The van der Waals surface area contributed by atoms with E-state index >= 15 is 0 Å². The predicted molar refractivity (Wildman–Crippen MR) is 96.5 cm³/mol. The van der Waals surface area contributed by atoms with E-state index in [1.54, 1.807) is 0 Å². The third-order valence-corrected chi connectivity index (χ3v) is 7.04. The van der Waals surface area contributed by atoms with E-state index in [0.29, 0.717) is 18.3 Å². The van der Waals surface area contributed by atoms with E-state index < -0.39 is 35.0 Å². The van der Waals surface area contributed by atoms with Gasteiger partial charge in [-0.1, -0.05) is 12.8 Å². The minimum Gasteiger partial charge on any atom is -0.452 e. The van der Waals surface area contributed by atoms with Gasteiger partial charge in [0.15, 0.2) is 6.10 Å². The van der Waals surface area contributed by atoms with E-state index in [0.717, 1.165) is 57.8 Å². The van der Waals surface area contributed by atoms with E-state index in [2.05, 4.69) is 10.6 Å². The minimum atomic E-state index is -1.03. The topological polar surface area (TPSA) is 105 Å². The Kier molecular flexibility index (Phi) is 4.69. The Morgan fingerprint density at radius 1 is 1.07 bits per heavy atom. The van der Waals surface area contributed by atoms with Crippen LogP contribution in [0, 0.1) is 17.3 Å². The predicted octanol–water partition coefficient (Wildman–Crippen LogP) is 2.02. The van der Waals surface area contributed by atoms with Crippen molar-refractivity contribution in [2.75, 3.05) is 0 Å². The Morgan fingerprint density at radius 3 is 2.30 bits per heavy atom. The van der Waals surface area contributed by atoms with Crippen molar-refractivity contribution in [1.82, 2.24) is 10.6 Å². The van der Waals surface area contributed by atoms with E-state index in [1.165, 1.54) is 6.92 Å². The molecule has 150 valence electrons. The van der Waals surface area contributed by atoms with Crippen LogP contribution in [0.4, 0.5) is 4.79 Å². The summed E-state index contributed by atoms with van der Waals surface area (Å²) in [7, 11) is 0. The lowest BCUT2D eigenvalue weighted by Gasteiger charge is -2.58. The molecule has 5 rings (SSSR count). The van der Waals surface area contributed by atoms with Crippen LogP contribution in [0.15, 0.2) is 0 Å². The number of esters is 1. The highest BCUT2D eigenvalue weighted by atomic mass is 16.5. The van der Waals surface area contributed by atoms with Crippen LogP contribution in [0.2, 0.25) is 0 Å². The quantitative estimate of drug-likeness (QED) is 0.649. The molecule has 5 fully saturated rings. The van der Waals surface area contributed by atoms with Crippen molar-refractivity contribution >= 4 is 17.9 Å². The van der Waals surface area contributed by atoms with Gasteiger partial charge in [-0.2, -0.15) is 0 Å². The summed E-state index contributed by atoms with van der Waals surface area (Å²) in [5.74, 6) is -0.272. The third-order valence-electron chi connectivity index (χ3n) is 7.04. The normalized spacial score (nSPS) is 38.4. The first kappa shape index (κ1) is 18.7. The van der Waals surface area contributed by atoms with Gasteiger partial charge in [0.05, 0.1) is 11.0 Å². The maximum absolute atomic E-state index is 12.9. The summed E-state index contributed by atoms with van der Waals surface area (Å²) in [6.45, 7) is 1.49. The van der Waals surface area contributed by atoms with E-state index in [1.807, 2.05) is 0 Å². The molecule has 3 atom stereocenters. The number of imide groups is 1. The third kappa shape index (κ3) is 3.71. The summed E-state index contributed by atoms with van der Waals surface area (Å²) in [6.07, 6.45) is 7.53. The van der Waals surface area contributed by atoms with Gasteiger partial charge >= 0.3 is 12.0 Å². The standard InChI is InChI=1S/C20H30N2O5/c1-12(16(23)22-18(25)21-15-4-2-3-5-15)27-17(24)19-7-13-6-14(8-19)10-20(26,9-13)11-19/h12-15,26H,2-11H2,1H3,(H2,21,22,23,25)/t12-,13+,14+,19?,20?/m1/s1. The maximum Gasteiger partial charge on any atom is 0.321 e. The molecule has 0 saturated heterocycles. The SMILES string of the molecule is C[C@@H](OC(=O)C12C[C@@H]3C[C@H](CC(O)(C3)C1)C2)C(=O)NC(=O)NC1CCCC1. The van der Waals surface area contributed by atoms with Crippen molar-refractivity contribution in [2.45, 2.75) is 88.9 Å². The molecule has 0 aromatic rings. The second-order valence-electron chi connectivity index (χ2n) is 9.46. The van der Waals surface area contributed by atoms with Gasteiger partial charge in [-0.15, -0.1) is 0 Å². The zero-order chi connectivity index (χ0) is 19.2. The summed E-state index contributed by atoms with van der Waals surface area (Å²) < 4.78 is 5.47. The summed E-state index contributed by atoms with van der Waals surface area (Å²) in [5, 5.41) is 15.8. The number of amides is 3. The summed E-state index contributed by atoms with van der Waals surface area (Å²) in [5.41, 5.74) is -1.42. The monoisotopic (exact) mass is 378 g/mol. The number of carbonyl (C=O) groups excluding carboxylic acids is 3. The maximum atomic E-state index is 12.9. The Hall–Kier alpha value is -1.63. The van der Waals surface area contributed by atoms with Crippen LogP contribution < -0.4 is 10.6 Å². The molecule has 0 aliphatic heterocycles. The first-order valence-corrected chi connectivity index (χ1v) is 10.3. The summed E-state index contributed by atoms with van der Waals surface area (Å²) in [6, 6.07) is -0.415. The molecular formula is C20H30N2O5. The Labute approximate surface area is 159 Å². The molecule has 7 heteroatoms. The van der Waals surface area contributed by atoms with Crippen molar-refractivity contribution < 1.29 is 24.2 Å². The molecule has 7 nitrogen and oxygen atoms in total. The molecule has 27 heavy (non-hydrogen) atoms. The van der Waals surface area contributed by atoms with Gasteiger partial charge in [-0.25, -0.2) is 4.79 Å². The van der Waals surface area contributed by atoms with Gasteiger partial charge in [-0.05, 0) is 70.1 Å². The van der Waals surface area contributed by atoms with Gasteiger partial charge in [0.1, 0.15) is 0 Å². The summed E-state index contributed by atoms with van der Waals surface area (Å²) in [4.78, 5) is 37.1. The fourth-order valence-electron chi connectivity index (χ4n) is 6.30. The molecule has 4 bridgehead atoms. The molecule has 0 aromatic heterocycles. The Balaban J connectivity index is 1.32. The Bertz CT molecular complexity index is 628. The van der Waals surface area contributed by atoms with E-state index in [4.69, 9.17) is 4.74 Å². The number of aliphatic hydroxyl groups is 1. The van der Waals surface area contributed by atoms with Crippen molar-refractivity contribution in [1.29, 1.82) is 0 Å². The van der Waals surface area contributed by atoms with Gasteiger partial charge < -0.3 is 15.2 Å². The van der Waals surface area contributed by atoms with Crippen LogP contribution >= 0.6 is 0 Å². The van der Waals surface area contributed by atoms with Crippen LogP contribution in [0.1, 0.15) is 71.1 Å². The zero-order valence-electron chi connectivity index (χ0n) is 16.0. The fraction of sp³-hybridized carbons (Fsp3) is 0.850. The van der Waals surface area contributed by atoms with Crippen molar-refractivity contribution in [3.63, 3.8) is 0 Å². The molecule has 5 saturated carbocycles. The highest BCUT2D eigenvalue weighted by Gasteiger charge is 2.61. The first-order valence-electron chi connectivity index (χ1n) is 10.3. The number of hydrogen-bond donors (Lipinski definition) is 3. The van der Waals surface area contributed by atoms with E-state index in [9.17, 15) is 19.5 Å². The average Bonchev–Trinajstić information content (AvgIpc) is 3.05. The van der Waals surface area contributed by atoms with Crippen LogP contribution in [0.5, 0.6) is 0 Å². The molecule has 5 aliphatic carbocycles. The van der Waals surface area contributed by atoms with Crippen LogP contribution in [0.3, 0.4) is 0 Å². The van der Waals surface area contributed by atoms with E-state index in [-0.39, 0.29) is 6.04 Å². The van der Waals surface area contributed by atoms with Crippen LogP contribution in [0.25, 0.3) is 0 Å². The molecule has 0 aromatic carbocycles. The lowest BCUT2D eigenvalue weighted by Crippen LogP contribution is -2.59. The molecule has 0 radical (unpaired) electrons. The highest BCUT2D eigenvalue weighted by Crippen LogP contribution is 2.62. The molecule has 0 heterocycles. The number of nitrogens with one attached hydrogen (secondary N) is 2. The van der Waals surface area contributed by atoms with Crippen molar-refractivity contribution in [3.8, 4) is 0 Å². The largest absolute Gasteiger partial charge is 0.452 e. The van der Waals surface area contributed by atoms with Crippen LogP contribution in [-0.2, 0) is 14.3 Å². The zero-order valence-corrected chi connectivity index (χ0v) is 16.0. The molecule has 5 aliphatic rings. The number of urea groups is 1. The van der Waals surface area contributed by atoms with Gasteiger partial charge in [-0.3, -0.25) is 14.9 Å². The van der Waals surface area contributed by atoms with Crippen molar-refractivity contribution in [3.05, 3.63) is 0 Å².